The maximum Gasteiger partial charge on any atom is 0.0679 e. The summed E-state index contributed by atoms with van der Waals surface area (Å²) in [6.07, 6.45) is 6.00. The lowest BCUT2D eigenvalue weighted by Crippen LogP contribution is -2.42. The van der Waals surface area contributed by atoms with Crippen LogP contribution < -0.4 is 5.32 Å². The first-order valence-electron chi connectivity index (χ1n) is 5.21. The Morgan fingerprint density at radius 3 is 2.83 bits per heavy atom. The zero-order chi connectivity index (χ0) is 8.18. The first kappa shape index (κ1) is 7.69. The average Bonchev–Trinajstić information content (AvgIpc) is 2.67. The van der Waals surface area contributed by atoms with Crippen LogP contribution >= 0.6 is 11.8 Å². The van der Waals surface area contributed by atoms with Crippen LogP contribution in [0.2, 0.25) is 0 Å². The van der Waals surface area contributed by atoms with Crippen molar-refractivity contribution in [3.63, 3.8) is 0 Å². The number of rotatable bonds is 0. The maximum absolute atomic E-state index is 3.78. The van der Waals surface area contributed by atoms with Gasteiger partial charge in [-0.25, -0.2) is 0 Å². The maximum atomic E-state index is 3.78. The van der Waals surface area contributed by atoms with Crippen LogP contribution in [0, 0.1) is 11.8 Å². The molecule has 1 heterocycles. The second-order valence-electron chi connectivity index (χ2n) is 4.78. The molecule has 2 bridgehead atoms. The number of nitrogens with one attached hydrogen (secondary N) is 1. The van der Waals surface area contributed by atoms with Crippen molar-refractivity contribution >= 4 is 11.8 Å². The summed E-state index contributed by atoms with van der Waals surface area (Å²) in [6.45, 7) is 3.60. The Labute approximate surface area is 78.7 Å². The minimum atomic E-state index is 0.544. The van der Waals surface area contributed by atoms with E-state index in [4.69, 9.17) is 0 Å². The van der Waals surface area contributed by atoms with E-state index in [1.165, 1.54) is 32.2 Å². The van der Waals surface area contributed by atoms with Gasteiger partial charge in [0.1, 0.15) is 0 Å². The summed E-state index contributed by atoms with van der Waals surface area (Å²) in [5, 5.41) is 4.63. The van der Waals surface area contributed by atoms with Crippen molar-refractivity contribution < 1.29 is 0 Å². The number of hydrogen-bond acceptors (Lipinski definition) is 2. The number of hydrogen-bond donors (Lipinski definition) is 1. The normalized spacial score (nSPS) is 57.2. The van der Waals surface area contributed by atoms with Crippen LogP contribution in [0.3, 0.4) is 0 Å². The third kappa shape index (κ3) is 0.912. The molecule has 1 nitrogen and oxygen atoms in total. The Hall–Kier alpha value is 0.310. The summed E-state index contributed by atoms with van der Waals surface area (Å²) in [6, 6.07) is 0. The Balaban J connectivity index is 1.84. The fourth-order valence-electron chi connectivity index (χ4n) is 3.40. The minimum absolute atomic E-state index is 0.544. The van der Waals surface area contributed by atoms with Gasteiger partial charge in [0.25, 0.3) is 0 Å². The Morgan fingerprint density at radius 2 is 2.33 bits per heavy atom. The number of thioether (sulfide) groups is 1. The van der Waals surface area contributed by atoms with Crippen LogP contribution in [-0.2, 0) is 0 Å². The van der Waals surface area contributed by atoms with E-state index >= 15 is 0 Å². The lowest BCUT2D eigenvalue weighted by Gasteiger charge is -2.33. The van der Waals surface area contributed by atoms with Crippen LogP contribution in [0.1, 0.15) is 32.6 Å². The summed E-state index contributed by atoms with van der Waals surface area (Å²) < 4.78 is 0. The third-order valence-electron chi connectivity index (χ3n) is 3.89. The van der Waals surface area contributed by atoms with E-state index in [0.717, 1.165) is 17.1 Å². The molecule has 2 heteroatoms. The summed E-state index contributed by atoms with van der Waals surface area (Å²) in [7, 11) is 0. The van der Waals surface area contributed by atoms with E-state index in [9.17, 15) is 0 Å². The minimum Gasteiger partial charge on any atom is -0.301 e. The molecule has 3 aliphatic rings. The van der Waals surface area contributed by atoms with Crippen molar-refractivity contribution in [3.05, 3.63) is 0 Å². The van der Waals surface area contributed by atoms with Gasteiger partial charge >= 0.3 is 0 Å². The second kappa shape index (κ2) is 2.42. The molecule has 1 saturated heterocycles. The van der Waals surface area contributed by atoms with Gasteiger partial charge in [-0.3, -0.25) is 0 Å². The largest absolute Gasteiger partial charge is 0.301 e. The van der Waals surface area contributed by atoms with Gasteiger partial charge in [0.15, 0.2) is 0 Å². The molecule has 4 unspecified atom stereocenters. The van der Waals surface area contributed by atoms with Crippen LogP contribution in [0.4, 0.5) is 0 Å². The molecule has 0 aromatic heterocycles. The summed E-state index contributed by atoms with van der Waals surface area (Å²) in [5.41, 5.74) is 0. The van der Waals surface area contributed by atoms with Crippen LogP contribution in [0.25, 0.3) is 0 Å². The average molecular weight is 183 g/mol. The van der Waals surface area contributed by atoms with Crippen LogP contribution in [-0.4, -0.2) is 16.7 Å². The highest BCUT2D eigenvalue weighted by Gasteiger charge is 2.53. The smallest absolute Gasteiger partial charge is 0.0679 e. The van der Waals surface area contributed by atoms with Crippen molar-refractivity contribution in [1.29, 1.82) is 0 Å². The molecule has 4 atom stereocenters. The van der Waals surface area contributed by atoms with Crippen LogP contribution in [0.15, 0.2) is 0 Å². The van der Waals surface area contributed by atoms with Gasteiger partial charge < -0.3 is 5.32 Å². The third-order valence-corrected chi connectivity index (χ3v) is 5.53. The SMILES string of the molecule is CC1CNC2(CC3CCC2C3)S1. The van der Waals surface area contributed by atoms with Gasteiger partial charge in [-0.1, -0.05) is 6.92 Å². The van der Waals surface area contributed by atoms with Gasteiger partial charge in [-0.15, -0.1) is 11.8 Å². The molecule has 0 aromatic carbocycles. The van der Waals surface area contributed by atoms with Crippen molar-refractivity contribution in [2.24, 2.45) is 11.8 Å². The van der Waals surface area contributed by atoms with E-state index < -0.39 is 0 Å². The molecule has 0 aromatic rings. The topological polar surface area (TPSA) is 12.0 Å². The van der Waals surface area contributed by atoms with E-state index in [1.54, 1.807) is 0 Å². The van der Waals surface area contributed by atoms with Crippen molar-refractivity contribution in [1.82, 2.24) is 5.32 Å². The van der Waals surface area contributed by atoms with E-state index in [2.05, 4.69) is 24.0 Å². The molecule has 12 heavy (non-hydrogen) atoms. The lowest BCUT2D eigenvalue weighted by molar-refractivity contribution is 0.332. The summed E-state index contributed by atoms with van der Waals surface area (Å²) >= 11 is 2.23. The molecule has 3 rings (SSSR count). The Morgan fingerprint density at radius 1 is 1.42 bits per heavy atom. The predicted octanol–water partition coefficient (Wildman–Crippen LogP) is 2.23. The van der Waals surface area contributed by atoms with E-state index in [-0.39, 0.29) is 0 Å². The van der Waals surface area contributed by atoms with Crippen molar-refractivity contribution in [2.75, 3.05) is 6.54 Å². The van der Waals surface area contributed by atoms with Crippen molar-refractivity contribution in [3.8, 4) is 0 Å². The number of fused-ring (bicyclic) bond motifs is 3. The zero-order valence-electron chi connectivity index (χ0n) is 7.68. The molecule has 2 saturated carbocycles. The molecule has 0 amide bonds. The van der Waals surface area contributed by atoms with Gasteiger partial charge in [0, 0.05) is 11.8 Å². The molecule has 1 N–H and O–H groups in total. The molecule has 2 aliphatic carbocycles. The summed E-state index contributed by atoms with van der Waals surface area (Å²) in [5.74, 6) is 2.08. The Kier molecular flexibility index (Phi) is 1.55. The standard InChI is InChI=1S/C10H17NS/c1-7-6-11-10(12-7)5-8-2-3-9(10)4-8/h7-9,11H,2-6H2,1H3. The highest BCUT2D eigenvalue weighted by molar-refractivity contribution is 8.01. The highest BCUT2D eigenvalue weighted by atomic mass is 32.2. The highest BCUT2D eigenvalue weighted by Crippen LogP contribution is 2.58. The monoisotopic (exact) mass is 183 g/mol. The fraction of sp³-hybridized carbons (Fsp3) is 1.00. The predicted molar refractivity (Wildman–Crippen MR) is 53.2 cm³/mol. The fourth-order valence-corrected chi connectivity index (χ4v) is 5.19. The molecule has 3 fully saturated rings. The van der Waals surface area contributed by atoms with Gasteiger partial charge in [0.05, 0.1) is 4.87 Å². The van der Waals surface area contributed by atoms with Crippen LogP contribution in [0.5, 0.6) is 0 Å². The van der Waals surface area contributed by atoms with E-state index in [1.807, 2.05) is 0 Å². The van der Waals surface area contributed by atoms with Crippen molar-refractivity contribution in [2.45, 2.75) is 42.7 Å². The molecule has 0 radical (unpaired) electrons. The zero-order valence-corrected chi connectivity index (χ0v) is 8.49. The quantitative estimate of drug-likeness (QED) is 0.618. The van der Waals surface area contributed by atoms with Gasteiger partial charge in [-0.05, 0) is 37.5 Å². The molecule has 68 valence electrons. The molecule has 1 spiro atoms. The summed E-state index contributed by atoms with van der Waals surface area (Å²) in [4.78, 5) is 0.544. The second-order valence-corrected chi connectivity index (χ2v) is 6.55. The van der Waals surface area contributed by atoms with Gasteiger partial charge in [0.2, 0.25) is 0 Å². The van der Waals surface area contributed by atoms with E-state index in [0.29, 0.717) is 4.87 Å². The molecular formula is C10H17NS. The molecular weight excluding hydrogens is 166 g/mol. The molecule has 1 aliphatic heterocycles. The first-order chi connectivity index (χ1) is 5.78. The lowest BCUT2D eigenvalue weighted by atomic mass is 9.94. The Bertz CT molecular complexity index is 202. The first-order valence-corrected chi connectivity index (χ1v) is 6.09. The van der Waals surface area contributed by atoms with Gasteiger partial charge in [-0.2, -0.15) is 0 Å².